The monoisotopic (exact) mass is 797 g/mol. The van der Waals surface area contributed by atoms with Gasteiger partial charge >= 0.3 is 17.9 Å². The first-order chi connectivity index (χ1) is 27.1. The van der Waals surface area contributed by atoms with Crippen LogP contribution in [0.5, 0.6) is 0 Å². The third-order valence-corrected chi connectivity index (χ3v) is 11.3. The molecule has 0 aromatic rings. The molecular weight excluding hydrogens is 703 g/mol. The van der Waals surface area contributed by atoms with Gasteiger partial charge in [-0.05, 0) is 12.8 Å². The average Bonchev–Trinajstić information content (AvgIpc) is 3.15. The lowest BCUT2D eigenvalue weighted by Crippen LogP contribution is -2.50. The molecule has 0 bridgehead atoms. The van der Waals surface area contributed by atoms with Gasteiger partial charge in [0.15, 0.2) is 12.1 Å². The van der Waals surface area contributed by atoms with Crippen molar-refractivity contribution in [2.24, 2.45) is 0 Å². The number of carboxylic acids is 1. The number of carbonyl (C=O) groups is 3. The molecule has 56 heavy (non-hydrogen) atoms. The topological polar surface area (TPSA) is 99.1 Å². The Bertz CT molecular complexity index is 889. The van der Waals surface area contributed by atoms with Gasteiger partial charge in [-0.2, -0.15) is 0 Å². The lowest BCUT2D eigenvalue weighted by atomic mass is 10.0. The number of hydrogen-bond acceptors (Lipinski definition) is 6. The summed E-state index contributed by atoms with van der Waals surface area (Å²) in [4.78, 5) is 37.0. The maximum atomic E-state index is 12.7. The van der Waals surface area contributed by atoms with Crippen LogP contribution in [0, 0.1) is 0 Å². The summed E-state index contributed by atoms with van der Waals surface area (Å²) in [6.45, 7) is 4.79. The Morgan fingerprint density at radius 2 is 0.786 bits per heavy atom. The molecule has 0 saturated heterocycles. The number of likely N-dealkylation sites (N-methyl/N-ethyl adjacent to an activating group) is 1. The average molecular weight is 797 g/mol. The number of rotatable bonds is 44. The van der Waals surface area contributed by atoms with Crippen molar-refractivity contribution in [3.63, 3.8) is 0 Å². The van der Waals surface area contributed by atoms with Gasteiger partial charge in [0, 0.05) is 19.3 Å². The number of nitrogens with zero attached hydrogens (tertiary/aromatic N) is 1. The Kier molecular flexibility index (Phi) is 38.9. The zero-order chi connectivity index (χ0) is 41.4. The van der Waals surface area contributed by atoms with E-state index >= 15 is 0 Å². The fraction of sp³-hybridized carbons (Fsp3) is 0.938. The summed E-state index contributed by atoms with van der Waals surface area (Å²) in [5.74, 6) is -1.44. The molecule has 0 radical (unpaired) electrons. The lowest BCUT2D eigenvalue weighted by molar-refractivity contribution is -0.887. The standard InChI is InChI=1S/C48H93NO7/c1-6-8-10-12-14-16-18-20-22-24-26-28-30-32-34-36-38-46(50)55-43-44(42-54-41-40-45(48(52)53)49(3,4)5)56-47(51)39-37-35-33-31-29-27-25-23-21-19-17-15-13-11-9-7-2/h44-45H,6-43H2,1-5H3/p+1. The summed E-state index contributed by atoms with van der Waals surface area (Å²) in [6, 6.07) is -0.608. The van der Waals surface area contributed by atoms with Crippen molar-refractivity contribution in [1.82, 2.24) is 0 Å². The van der Waals surface area contributed by atoms with Crippen molar-refractivity contribution in [1.29, 1.82) is 0 Å². The molecule has 2 unspecified atom stereocenters. The quantitative estimate of drug-likeness (QED) is 0.0372. The second-order valence-electron chi connectivity index (χ2n) is 17.7. The minimum Gasteiger partial charge on any atom is -0.477 e. The van der Waals surface area contributed by atoms with E-state index in [0.717, 1.165) is 38.5 Å². The third-order valence-electron chi connectivity index (χ3n) is 11.3. The number of ether oxygens (including phenoxy) is 3. The Balaban J connectivity index is 4.24. The Labute approximate surface area is 346 Å². The van der Waals surface area contributed by atoms with E-state index in [9.17, 15) is 19.5 Å². The minimum absolute atomic E-state index is 0.0416. The number of carboxylic acid groups (broad SMARTS) is 1. The van der Waals surface area contributed by atoms with Crippen LogP contribution in [0.1, 0.15) is 239 Å². The van der Waals surface area contributed by atoms with E-state index in [-0.39, 0.29) is 36.2 Å². The van der Waals surface area contributed by atoms with Gasteiger partial charge in [-0.1, -0.05) is 206 Å². The maximum Gasteiger partial charge on any atom is 0.362 e. The molecular formula is C48H94NO7+. The summed E-state index contributed by atoms with van der Waals surface area (Å²) in [5.41, 5.74) is 0. The Morgan fingerprint density at radius 3 is 1.11 bits per heavy atom. The zero-order valence-electron chi connectivity index (χ0n) is 37.9. The van der Waals surface area contributed by atoms with Crippen LogP contribution < -0.4 is 0 Å². The SMILES string of the molecule is CCCCCCCCCCCCCCCCCCC(=O)OCC(COCCC(C(=O)O)[N+](C)(C)C)OC(=O)CCCCCCCCCCCCCCCCCC. The van der Waals surface area contributed by atoms with Crippen molar-refractivity contribution >= 4 is 17.9 Å². The summed E-state index contributed by atoms with van der Waals surface area (Å²) >= 11 is 0. The number of carbonyl (C=O) groups excluding carboxylic acids is 2. The van der Waals surface area contributed by atoms with Crippen LogP contribution in [0.3, 0.4) is 0 Å². The molecule has 0 saturated carbocycles. The third kappa shape index (κ3) is 37.9. The summed E-state index contributed by atoms with van der Waals surface area (Å²) in [7, 11) is 5.54. The van der Waals surface area contributed by atoms with Crippen molar-refractivity contribution in [2.75, 3.05) is 41.0 Å². The van der Waals surface area contributed by atoms with E-state index in [1.807, 2.05) is 21.1 Å². The number of quaternary nitrogens is 1. The van der Waals surface area contributed by atoms with Gasteiger partial charge in [0.1, 0.15) is 6.61 Å². The highest BCUT2D eigenvalue weighted by atomic mass is 16.6. The van der Waals surface area contributed by atoms with Crippen molar-refractivity contribution < 1.29 is 38.2 Å². The van der Waals surface area contributed by atoms with Crippen molar-refractivity contribution in [2.45, 2.75) is 251 Å². The molecule has 0 heterocycles. The minimum atomic E-state index is -0.870. The summed E-state index contributed by atoms with van der Waals surface area (Å²) in [5, 5.41) is 9.63. The molecule has 0 amide bonds. The van der Waals surface area contributed by atoms with E-state index in [4.69, 9.17) is 14.2 Å². The fourth-order valence-electron chi connectivity index (χ4n) is 7.51. The Hall–Kier alpha value is -1.67. The van der Waals surface area contributed by atoms with Crippen LogP contribution in [-0.4, -0.2) is 80.6 Å². The molecule has 332 valence electrons. The summed E-state index contributed by atoms with van der Waals surface area (Å²) < 4.78 is 17.3. The Morgan fingerprint density at radius 1 is 0.464 bits per heavy atom. The first-order valence-electron chi connectivity index (χ1n) is 24.1. The number of hydrogen-bond donors (Lipinski definition) is 1. The highest BCUT2D eigenvalue weighted by Gasteiger charge is 2.31. The molecule has 0 aromatic carbocycles. The molecule has 8 nitrogen and oxygen atoms in total. The number of aliphatic carboxylic acids is 1. The van der Waals surface area contributed by atoms with Gasteiger partial charge in [0.05, 0.1) is 34.4 Å². The normalized spacial score (nSPS) is 12.8. The molecule has 0 aliphatic carbocycles. The van der Waals surface area contributed by atoms with Gasteiger partial charge < -0.3 is 23.8 Å². The van der Waals surface area contributed by atoms with Gasteiger partial charge in [-0.3, -0.25) is 9.59 Å². The van der Waals surface area contributed by atoms with Gasteiger partial charge in [0.2, 0.25) is 0 Å². The first kappa shape index (κ1) is 54.3. The maximum absolute atomic E-state index is 12.7. The van der Waals surface area contributed by atoms with Gasteiger partial charge in [-0.25, -0.2) is 4.79 Å². The second-order valence-corrected chi connectivity index (χ2v) is 17.7. The predicted molar refractivity (Wildman–Crippen MR) is 234 cm³/mol. The number of esters is 2. The highest BCUT2D eigenvalue weighted by molar-refractivity contribution is 5.72. The molecule has 0 spiro atoms. The molecule has 0 rings (SSSR count). The molecule has 0 aliphatic heterocycles. The molecule has 0 fully saturated rings. The molecule has 1 N–H and O–H groups in total. The molecule has 0 aromatic heterocycles. The van der Waals surface area contributed by atoms with Crippen LogP contribution in [-0.2, 0) is 28.6 Å². The largest absolute Gasteiger partial charge is 0.477 e. The van der Waals surface area contributed by atoms with E-state index in [0.29, 0.717) is 19.3 Å². The van der Waals surface area contributed by atoms with Crippen molar-refractivity contribution in [3.8, 4) is 0 Å². The van der Waals surface area contributed by atoms with Gasteiger partial charge in [0.25, 0.3) is 0 Å². The molecule has 0 aliphatic rings. The van der Waals surface area contributed by atoms with E-state index in [1.54, 1.807) is 0 Å². The molecule has 2 atom stereocenters. The smallest absolute Gasteiger partial charge is 0.362 e. The zero-order valence-corrected chi connectivity index (χ0v) is 37.9. The number of unbranched alkanes of at least 4 members (excludes halogenated alkanes) is 30. The highest BCUT2D eigenvalue weighted by Crippen LogP contribution is 2.17. The fourth-order valence-corrected chi connectivity index (χ4v) is 7.51. The summed E-state index contributed by atoms with van der Waals surface area (Å²) in [6.07, 6.45) is 41.4. The van der Waals surface area contributed by atoms with E-state index < -0.39 is 18.1 Å². The van der Waals surface area contributed by atoms with E-state index in [1.165, 1.54) is 167 Å². The van der Waals surface area contributed by atoms with E-state index in [2.05, 4.69) is 13.8 Å². The van der Waals surface area contributed by atoms with Crippen LogP contribution in [0.25, 0.3) is 0 Å². The molecule has 8 heteroatoms. The van der Waals surface area contributed by atoms with Crippen LogP contribution >= 0.6 is 0 Å². The predicted octanol–water partition coefficient (Wildman–Crippen LogP) is 13.3. The van der Waals surface area contributed by atoms with Crippen LogP contribution in [0.2, 0.25) is 0 Å². The van der Waals surface area contributed by atoms with Crippen molar-refractivity contribution in [3.05, 3.63) is 0 Å². The van der Waals surface area contributed by atoms with Gasteiger partial charge in [-0.15, -0.1) is 0 Å². The first-order valence-corrected chi connectivity index (χ1v) is 24.1. The lowest BCUT2D eigenvalue weighted by Gasteiger charge is -2.31. The van der Waals surface area contributed by atoms with Crippen LogP contribution in [0.15, 0.2) is 0 Å². The van der Waals surface area contributed by atoms with Crippen LogP contribution in [0.4, 0.5) is 0 Å². The second kappa shape index (κ2) is 40.1.